The lowest BCUT2D eigenvalue weighted by molar-refractivity contribution is -0.130. The van der Waals surface area contributed by atoms with Crippen LogP contribution in [-0.4, -0.2) is 22.8 Å². The van der Waals surface area contributed by atoms with Gasteiger partial charge in [0, 0.05) is 31.8 Å². The topological polar surface area (TPSA) is 33.2 Å². The molecule has 1 heterocycles. The minimum Gasteiger partial charge on any atom is -0.341 e. The molecule has 4 heteroatoms. The molecule has 1 aliphatic rings. The van der Waals surface area contributed by atoms with E-state index in [2.05, 4.69) is 29.2 Å². The minimum absolute atomic E-state index is 0.154. The van der Waals surface area contributed by atoms with Crippen molar-refractivity contribution in [2.45, 2.75) is 31.7 Å². The molecule has 0 radical (unpaired) electrons. The van der Waals surface area contributed by atoms with Gasteiger partial charge in [0.1, 0.15) is 5.15 Å². The summed E-state index contributed by atoms with van der Waals surface area (Å²) >= 11 is 6.06. The summed E-state index contributed by atoms with van der Waals surface area (Å²) in [5, 5.41) is 0.466. The van der Waals surface area contributed by atoms with E-state index in [1.54, 1.807) is 11.1 Å². The number of amides is 1. The van der Waals surface area contributed by atoms with Gasteiger partial charge in [0.05, 0.1) is 0 Å². The average Bonchev–Trinajstić information content (AvgIpc) is 2.93. The Kier molecular flexibility index (Phi) is 4.44. The molecule has 1 atom stereocenters. The van der Waals surface area contributed by atoms with Crippen LogP contribution in [0.4, 0.5) is 0 Å². The van der Waals surface area contributed by atoms with Gasteiger partial charge in [0.15, 0.2) is 0 Å². The van der Waals surface area contributed by atoms with Gasteiger partial charge in [-0.1, -0.05) is 41.9 Å². The number of hydrogen-bond donors (Lipinski definition) is 0. The molecule has 2 aromatic rings. The lowest BCUT2D eigenvalue weighted by atomic mass is 9.97. The number of aryl methyl sites for hydroxylation is 1. The summed E-state index contributed by atoms with van der Waals surface area (Å²) in [4.78, 5) is 18.3. The second-order valence-electron chi connectivity index (χ2n) is 5.84. The van der Waals surface area contributed by atoms with Crippen molar-refractivity contribution in [3.05, 3.63) is 64.4 Å². The predicted molar refractivity (Wildman–Crippen MR) is 87.8 cm³/mol. The van der Waals surface area contributed by atoms with Gasteiger partial charge in [-0.15, -0.1) is 0 Å². The summed E-state index contributed by atoms with van der Waals surface area (Å²) < 4.78 is 0. The van der Waals surface area contributed by atoms with Crippen LogP contribution in [0.2, 0.25) is 5.15 Å². The molecule has 0 saturated carbocycles. The van der Waals surface area contributed by atoms with Crippen molar-refractivity contribution in [2.75, 3.05) is 7.05 Å². The van der Waals surface area contributed by atoms with Crippen LogP contribution >= 0.6 is 11.6 Å². The largest absolute Gasteiger partial charge is 0.341 e. The molecule has 0 N–H and O–H groups in total. The molecule has 0 bridgehead atoms. The van der Waals surface area contributed by atoms with Gasteiger partial charge >= 0.3 is 0 Å². The van der Waals surface area contributed by atoms with Crippen LogP contribution in [0.3, 0.4) is 0 Å². The Morgan fingerprint density at radius 1 is 1.32 bits per heavy atom. The van der Waals surface area contributed by atoms with E-state index in [4.69, 9.17) is 11.6 Å². The number of fused-ring (bicyclic) bond motifs is 1. The molecule has 0 fully saturated rings. The van der Waals surface area contributed by atoms with Crippen molar-refractivity contribution in [3.63, 3.8) is 0 Å². The van der Waals surface area contributed by atoms with E-state index in [0.717, 1.165) is 18.4 Å². The highest BCUT2D eigenvalue weighted by atomic mass is 35.5. The van der Waals surface area contributed by atoms with E-state index in [-0.39, 0.29) is 5.91 Å². The molecule has 1 amide bonds. The van der Waals surface area contributed by atoms with E-state index < -0.39 is 0 Å². The minimum atomic E-state index is 0.154. The van der Waals surface area contributed by atoms with E-state index in [1.165, 1.54) is 11.1 Å². The summed E-state index contributed by atoms with van der Waals surface area (Å²) in [7, 11) is 1.83. The van der Waals surface area contributed by atoms with Gasteiger partial charge in [-0.05, 0) is 36.0 Å². The first-order valence-corrected chi connectivity index (χ1v) is 7.94. The standard InChI is InChI=1S/C18H19ClN2O/c1-21(12-15-6-4-10-20-18(15)19)17(22)11-14-9-8-13-5-2-3-7-16(13)14/h2-7,10,14H,8-9,11-12H2,1H3/t14-/m0/s1. The molecule has 0 spiro atoms. The Bertz CT molecular complexity index is 686. The number of rotatable bonds is 4. The molecule has 0 aliphatic heterocycles. The van der Waals surface area contributed by atoms with Gasteiger partial charge < -0.3 is 4.90 Å². The van der Waals surface area contributed by atoms with Crippen LogP contribution < -0.4 is 0 Å². The van der Waals surface area contributed by atoms with Crippen LogP contribution in [0.15, 0.2) is 42.6 Å². The molecular weight excluding hydrogens is 296 g/mol. The monoisotopic (exact) mass is 314 g/mol. The van der Waals surface area contributed by atoms with E-state index in [1.807, 2.05) is 19.2 Å². The molecule has 3 nitrogen and oxygen atoms in total. The summed E-state index contributed by atoms with van der Waals surface area (Å²) in [6.45, 7) is 0.500. The highest BCUT2D eigenvalue weighted by molar-refractivity contribution is 6.30. The molecule has 1 aromatic heterocycles. The quantitative estimate of drug-likeness (QED) is 0.804. The van der Waals surface area contributed by atoms with Gasteiger partial charge in [-0.25, -0.2) is 4.98 Å². The van der Waals surface area contributed by atoms with Crippen molar-refractivity contribution in [3.8, 4) is 0 Å². The fourth-order valence-corrected chi connectivity index (χ4v) is 3.28. The Balaban J connectivity index is 1.64. The lowest BCUT2D eigenvalue weighted by Crippen LogP contribution is -2.27. The van der Waals surface area contributed by atoms with Crippen LogP contribution in [0.25, 0.3) is 0 Å². The third-order valence-electron chi connectivity index (χ3n) is 4.35. The molecule has 22 heavy (non-hydrogen) atoms. The Labute approximate surface area is 135 Å². The number of carbonyl (C=O) groups excluding carboxylic acids is 1. The zero-order valence-electron chi connectivity index (χ0n) is 12.6. The van der Waals surface area contributed by atoms with Crippen molar-refractivity contribution < 1.29 is 4.79 Å². The fourth-order valence-electron chi connectivity index (χ4n) is 3.10. The second-order valence-corrected chi connectivity index (χ2v) is 6.20. The van der Waals surface area contributed by atoms with Gasteiger partial charge in [0.25, 0.3) is 0 Å². The lowest BCUT2D eigenvalue weighted by Gasteiger charge is -2.20. The predicted octanol–water partition coefficient (Wildman–Crippen LogP) is 3.81. The first kappa shape index (κ1) is 15.0. The Morgan fingerprint density at radius 3 is 2.95 bits per heavy atom. The average molecular weight is 315 g/mol. The van der Waals surface area contributed by atoms with Crippen LogP contribution in [0, 0.1) is 0 Å². The highest BCUT2D eigenvalue weighted by Crippen LogP contribution is 2.35. The number of aromatic nitrogens is 1. The van der Waals surface area contributed by atoms with E-state index in [0.29, 0.717) is 24.0 Å². The fraction of sp³-hybridized carbons (Fsp3) is 0.333. The van der Waals surface area contributed by atoms with Gasteiger partial charge in [-0.2, -0.15) is 0 Å². The maximum atomic E-state index is 12.5. The first-order chi connectivity index (χ1) is 10.6. The van der Waals surface area contributed by atoms with Crippen molar-refractivity contribution >= 4 is 17.5 Å². The zero-order valence-corrected chi connectivity index (χ0v) is 13.4. The van der Waals surface area contributed by atoms with E-state index in [9.17, 15) is 4.79 Å². The molecule has 1 aromatic carbocycles. The maximum absolute atomic E-state index is 12.5. The molecule has 114 valence electrons. The number of benzene rings is 1. The molecule has 0 unspecified atom stereocenters. The molecule has 1 aliphatic carbocycles. The van der Waals surface area contributed by atoms with Crippen molar-refractivity contribution in [2.24, 2.45) is 0 Å². The van der Waals surface area contributed by atoms with Crippen LogP contribution in [-0.2, 0) is 17.8 Å². The molecule has 3 rings (SSSR count). The normalized spacial score (nSPS) is 16.4. The van der Waals surface area contributed by atoms with E-state index >= 15 is 0 Å². The highest BCUT2D eigenvalue weighted by Gasteiger charge is 2.25. The Morgan fingerprint density at radius 2 is 2.14 bits per heavy atom. The smallest absolute Gasteiger partial charge is 0.223 e. The number of nitrogens with zero attached hydrogens (tertiary/aromatic N) is 2. The number of halogens is 1. The number of pyridine rings is 1. The van der Waals surface area contributed by atoms with Gasteiger partial charge in [0.2, 0.25) is 5.91 Å². The Hall–Kier alpha value is -1.87. The summed E-state index contributed by atoms with van der Waals surface area (Å²) in [5.41, 5.74) is 3.61. The van der Waals surface area contributed by atoms with Crippen LogP contribution in [0.5, 0.6) is 0 Å². The molecular formula is C18H19ClN2O. The zero-order chi connectivity index (χ0) is 15.5. The summed E-state index contributed by atoms with van der Waals surface area (Å²) in [6.07, 6.45) is 4.35. The van der Waals surface area contributed by atoms with Crippen molar-refractivity contribution in [1.82, 2.24) is 9.88 Å². The SMILES string of the molecule is CN(Cc1cccnc1Cl)C(=O)C[C@@H]1CCc2ccccc21. The summed E-state index contributed by atoms with van der Waals surface area (Å²) in [5.74, 6) is 0.497. The third kappa shape index (κ3) is 3.14. The molecule has 0 saturated heterocycles. The van der Waals surface area contributed by atoms with Crippen LogP contribution in [0.1, 0.15) is 35.4 Å². The van der Waals surface area contributed by atoms with Crippen molar-refractivity contribution in [1.29, 1.82) is 0 Å². The van der Waals surface area contributed by atoms with Gasteiger partial charge in [-0.3, -0.25) is 4.79 Å². The second kappa shape index (κ2) is 6.49. The maximum Gasteiger partial charge on any atom is 0.223 e. The third-order valence-corrected chi connectivity index (χ3v) is 4.69. The number of hydrogen-bond acceptors (Lipinski definition) is 2. The summed E-state index contributed by atoms with van der Waals surface area (Å²) in [6, 6.07) is 12.2. The first-order valence-electron chi connectivity index (χ1n) is 7.56. The number of carbonyl (C=O) groups is 1.